The molecule has 0 aliphatic carbocycles. The lowest BCUT2D eigenvalue weighted by atomic mass is 10.2. The molecule has 1 aromatic heterocycles. The Bertz CT molecular complexity index is 811. The highest BCUT2D eigenvalue weighted by Crippen LogP contribution is 2.25. The van der Waals surface area contributed by atoms with E-state index in [0.717, 1.165) is 0 Å². The van der Waals surface area contributed by atoms with Crippen LogP contribution in [0.5, 0.6) is 0 Å². The third kappa shape index (κ3) is 2.81. The van der Waals surface area contributed by atoms with Crippen LogP contribution in [0.1, 0.15) is 17.1 Å². The van der Waals surface area contributed by atoms with Crippen molar-refractivity contribution in [1.29, 1.82) is 0 Å². The minimum atomic E-state index is -3.66. The fourth-order valence-corrected chi connectivity index (χ4v) is 3.16. The van der Waals surface area contributed by atoms with Crippen LogP contribution < -0.4 is 10.0 Å². The van der Waals surface area contributed by atoms with Crippen LogP contribution in [-0.4, -0.2) is 19.3 Å². The number of aryl methyl sites for hydroxylation is 1. The van der Waals surface area contributed by atoms with Crippen molar-refractivity contribution < 1.29 is 17.6 Å². The summed E-state index contributed by atoms with van der Waals surface area (Å²) in [6.07, 6.45) is 1.60. The van der Waals surface area contributed by atoms with E-state index in [1.807, 2.05) is 0 Å². The molecule has 1 amide bonds. The van der Waals surface area contributed by atoms with Crippen LogP contribution in [0.15, 0.2) is 33.8 Å². The molecule has 1 aromatic carbocycles. The first-order chi connectivity index (χ1) is 9.94. The van der Waals surface area contributed by atoms with E-state index < -0.39 is 10.0 Å². The maximum absolute atomic E-state index is 12.2. The van der Waals surface area contributed by atoms with Gasteiger partial charge in [0.1, 0.15) is 6.26 Å². The van der Waals surface area contributed by atoms with E-state index in [9.17, 15) is 13.2 Å². The SMILES string of the molecule is Cc1nc(CNS(=O)(=O)c2ccc3c(c2)CC(=O)N3)co1. The molecule has 0 bridgehead atoms. The van der Waals surface area contributed by atoms with Gasteiger partial charge in [-0.05, 0) is 23.8 Å². The molecule has 8 heteroatoms. The van der Waals surface area contributed by atoms with E-state index in [1.54, 1.807) is 13.0 Å². The van der Waals surface area contributed by atoms with Crippen LogP contribution in [0.4, 0.5) is 5.69 Å². The van der Waals surface area contributed by atoms with Crippen molar-refractivity contribution in [2.45, 2.75) is 24.8 Å². The second-order valence-electron chi connectivity index (χ2n) is 4.73. The van der Waals surface area contributed by atoms with Gasteiger partial charge in [-0.2, -0.15) is 0 Å². The van der Waals surface area contributed by atoms with Crippen molar-refractivity contribution in [3.05, 3.63) is 41.6 Å². The van der Waals surface area contributed by atoms with Gasteiger partial charge in [0.05, 0.1) is 23.6 Å². The maximum Gasteiger partial charge on any atom is 0.240 e. The molecular formula is C13H13N3O4S. The molecule has 0 saturated carbocycles. The number of benzene rings is 1. The summed E-state index contributed by atoms with van der Waals surface area (Å²) in [5, 5.41) is 2.66. The second kappa shape index (κ2) is 4.97. The number of nitrogens with one attached hydrogen (secondary N) is 2. The average Bonchev–Trinajstić information content (AvgIpc) is 3.00. The summed E-state index contributed by atoms with van der Waals surface area (Å²) in [5.41, 5.74) is 1.85. The number of hydrogen-bond donors (Lipinski definition) is 2. The van der Waals surface area contributed by atoms with E-state index >= 15 is 0 Å². The van der Waals surface area contributed by atoms with Crippen LogP contribution in [0.3, 0.4) is 0 Å². The van der Waals surface area contributed by atoms with Crippen molar-refractivity contribution in [1.82, 2.24) is 9.71 Å². The summed E-state index contributed by atoms with van der Waals surface area (Å²) in [7, 11) is -3.66. The van der Waals surface area contributed by atoms with Gasteiger partial charge in [0.2, 0.25) is 15.9 Å². The minimum absolute atomic E-state index is 0.0495. The smallest absolute Gasteiger partial charge is 0.240 e. The molecule has 0 fully saturated rings. The minimum Gasteiger partial charge on any atom is -0.449 e. The van der Waals surface area contributed by atoms with Gasteiger partial charge in [0, 0.05) is 12.6 Å². The van der Waals surface area contributed by atoms with Crippen molar-refractivity contribution in [3.63, 3.8) is 0 Å². The molecule has 2 N–H and O–H groups in total. The second-order valence-corrected chi connectivity index (χ2v) is 6.49. The van der Waals surface area contributed by atoms with Crippen LogP contribution >= 0.6 is 0 Å². The van der Waals surface area contributed by atoms with Crippen LogP contribution in [-0.2, 0) is 27.8 Å². The van der Waals surface area contributed by atoms with Gasteiger partial charge in [0.15, 0.2) is 5.89 Å². The van der Waals surface area contributed by atoms with E-state index in [0.29, 0.717) is 22.8 Å². The van der Waals surface area contributed by atoms with Gasteiger partial charge < -0.3 is 9.73 Å². The predicted molar refractivity (Wildman–Crippen MR) is 74.0 cm³/mol. The Kier molecular flexibility index (Phi) is 3.26. The number of fused-ring (bicyclic) bond motifs is 1. The topological polar surface area (TPSA) is 101 Å². The number of carbonyl (C=O) groups is 1. The number of oxazole rings is 1. The molecule has 2 aromatic rings. The number of aromatic nitrogens is 1. The number of anilines is 1. The monoisotopic (exact) mass is 307 g/mol. The van der Waals surface area contributed by atoms with Gasteiger partial charge in [-0.15, -0.1) is 0 Å². The Morgan fingerprint density at radius 2 is 2.24 bits per heavy atom. The number of carbonyl (C=O) groups excluding carboxylic acids is 1. The average molecular weight is 307 g/mol. The first-order valence-corrected chi connectivity index (χ1v) is 7.76. The van der Waals surface area contributed by atoms with Crippen molar-refractivity contribution in [3.8, 4) is 0 Å². The standard InChI is InChI=1S/C13H13N3O4S/c1-8-15-10(7-20-8)6-14-21(18,19)11-2-3-12-9(4-11)5-13(17)16-12/h2-4,7,14H,5-6H2,1H3,(H,16,17). The predicted octanol–water partition coefficient (Wildman–Crippen LogP) is 0.956. The third-order valence-corrected chi connectivity index (χ3v) is 4.52. The molecule has 7 nitrogen and oxygen atoms in total. The normalized spacial score (nSPS) is 14.0. The quantitative estimate of drug-likeness (QED) is 0.876. The van der Waals surface area contributed by atoms with Crippen molar-refractivity contribution >= 4 is 21.6 Å². The van der Waals surface area contributed by atoms with Crippen LogP contribution in [0.25, 0.3) is 0 Å². The molecule has 2 heterocycles. The van der Waals surface area contributed by atoms with Crippen LogP contribution in [0, 0.1) is 6.92 Å². The molecule has 0 atom stereocenters. The van der Waals surface area contributed by atoms with Crippen LogP contribution in [0.2, 0.25) is 0 Å². The van der Waals surface area contributed by atoms with Gasteiger partial charge in [-0.1, -0.05) is 0 Å². The molecule has 0 radical (unpaired) electrons. The Labute approximate surface area is 121 Å². The summed E-state index contributed by atoms with van der Waals surface area (Å²) in [5.74, 6) is 0.344. The number of sulfonamides is 1. The van der Waals surface area contributed by atoms with E-state index in [1.165, 1.54) is 18.4 Å². The third-order valence-electron chi connectivity index (χ3n) is 3.12. The summed E-state index contributed by atoms with van der Waals surface area (Å²) >= 11 is 0. The van der Waals surface area contributed by atoms with Gasteiger partial charge in [-0.25, -0.2) is 18.1 Å². The molecule has 0 unspecified atom stereocenters. The van der Waals surface area contributed by atoms with Crippen molar-refractivity contribution in [2.24, 2.45) is 0 Å². The summed E-state index contributed by atoms with van der Waals surface area (Å²) in [4.78, 5) is 15.4. The number of hydrogen-bond acceptors (Lipinski definition) is 5. The lowest BCUT2D eigenvalue weighted by Crippen LogP contribution is -2.23. The summed E-state index contributed by atoms with van der Waals surface area (Å²) in [6, 6.07) is 4.56. The summed E-state index contributed by atoms with van der Waals surface area (Å²) in [6.45, 7) is 1.73. The Hall–Kier alpha value is -2.19. The number of nitrogens with zero attached hydrogens (tertiary/aromatic N) is 1. The van der Waals surface area contributed by atoms with Gasteiger partial charge in [0.25, 0.3) is 0 Å². The molecule has 3 rings (SSSR count). The Balaban J connectivity index is 1.79. The molecule has 21 heavy (non-hydrogen) atoms. The Morgan fingerprint density at radius 3 is 2.95 bits per heavy atom. The first kappa shape index (κ1) is 13.8. The van der Waals surface area contributed by atoms with Crippen molar-refractivity contribution in [2.75, 3.05) is 5.32 Å². The summed E-state index contributed by atoms with van der Waals surface area (Å²) < 4.78 is 31.9. The van der Waals surface area contributed by atoms with Gasteiger partial charge in [-0.3, -0.25) is 4.79 Å². The molecular weight excluding hydrogens is 294 g/mol. The lowest BCUT2D eigenvalue weighted by molar-refractivity contribution is -0.115. The first-order valence-electron chi connectivity index (χ1n) is 6.27. The zero-order chi connectivity index (χ0) is 15.0. The fourth-order valence-electron chi connectivity index (χ4n) is 2.11. The molecule has 0 spiro atoms. The zero-order valence-corrected chi connectivity index (χ0v) is 12.0. The maximum atomic E-state index is 12.2. The highest BCUT2D eigenvalue weighted by atomic mass is 32.2. The Morgan fingerprint density at radius 1 is 1.43 bits per heavy atom. The van der Waals surface area contributed by atoms with E-state index in [2.05, 4.69) is 15.0 Å². The number of rotatable bonds is 4. The zero-order valence-electron chi connectivity index (χ0n) is 11.2. The molecule has 110 valence electrons. The lowest BCUT2D eigenvalue weighted by Gasteiger charge is -2.06. The largest absolute Gasteiger partial charge is 0.449 e. The fraction of sp³-hybridized carbons (Fsp3) is 0.231. The molecule has 0 saturated heterocycles. The molecule has 1 aliphatic rings. The van der Waals surface area contributed by atoms with E-state index in [-0.39, 0.29) is 23.8 Å². The van der Waals surface area contributed by atoms with Gasteiger partial charge >= 0.3 is 0 Å². The molecule has 1 aliphatic heterocycles. The highest BCUT2D eigenvalue weighted by Gasteiger charge is 2.21. The highest BCUT2D eigenvalue weighted by molar-refractivity contribution is 7.89. The van der Waals surface area contributed by atoms with E-state index in [4.69, 9.17) is 4.42 Å². The number of amides is 1.